The number of amides is 1. The van der Waals surface area contributed by atoms with Gasteiger partial charge in [0, 0.05) is 42.7 Å². The van der Waals surface area contributed by atoms with Crippen LogP contribution in [-0.4, -0.2) is 47.0 Å². The van der Waals surface area contributed by atoms with Crippen molar-refractivity contribution in [2.45, 2.75) is 40.5 Å². The molecule has 0 bridgehead atoms. The molecular formula is C18H24N8OS. The molecule has 28 heavy (non-hydrogen) atoms. The Morgan fingerprint density at radius 1 is 1.21 bits per heavy atom. The van der Waals surface area contributed by atoms with Gasteiger partial charge in [0.1, 0.15) is 5.82 Å². The predicted octanol–water partition coefficient (Wildman–Crippen LogP) is 1.59. The predicted molar refractivity (Wildman–Crippen MR) is 107 cm³/mol. The summed E-state index contributed by atoms with van der Waals surface area (Å²) in [4.78, 5) is 21.3. The molecule has 9 nitrogen and oxygen atoms in total. The SMILES string of the molecule is Cc1cc(C)nc(-n2nc(C)c(CC(=O)NCCc3n[nH]c(=S)n3C)c2C)n1. The number of hydrogen-bond acceptors (Lipinski definition) is 6. The number of aromatic nitrogens is 7. The van der Waals surface area contributed by atoms with Crippen LogP contribution in [0.3, 0.4) is 0 Å². The van der Waals surface area contributed by atoms with E-state index in [4.69, 9.17) is 12.2 Å². The number of carbonyl (C=O) groups excluding carboxylic acids is 1. The number of aryl methyl sites for hydroxylation is 3. The minimum atomic E-state index is -0.0659. The van der Waals surface area contributed by atoms with Crippen molar-refractivity contribution in [2.24, 2.45) is 7.05 Å². The molecule has 0 unspecified atom stereocenters. The van der Waals surface area contributed by atoms with Gasteiger partial charge in [-0.15, -0.1) is 0 Å². The van der Waals surface area contributed by atoms with E-state index in [1.54, 1.807) is 9.25 Å². The minimum absolute atomic E-state index is 0.0659. The molecule has 0 aliphatic rings. The van der Waals surface area contributed by atoms with Gasteiger partial charge in [0.25, 0.3) is 5.95 Å². The third-order valence-electron chi connectivity index (χ3n) is 4.58. The van der Waals surface area contributed by atoms with Gasteiger partial charge in [-0.05, 0) is 46.0 Å². The van der Waals surface area contributed by atoms with Gasteiger partial charge in [0.2, 0.25) is 5.91 Å². The number of hydrogen-bond donors (Lipinski definition) is 2. The summed E-state index contributed by atoms with van der Waals surface area (Å²) in [6.07, 6.45) is 0.852. The van der Waals surface area contributed by atoms with Crippen molar-refractivity contribution < 1.29 is 4.79 Å². The molecule has 3 rings (SSSR count). The van der Waals surface area contributed by atoms with Crippen molar-refractivity contribution in [3.05, 3.63) is 45.0 Å². The third-order valence-corrected chi connectivity index (χ3v) is 4.95. The normalized spacial score (nSPS) is 11.0. The van der Waals surface area contributed by atoms with Crippen LogP contribution >= 0.6 is 12.2 Å². The first-order chi connectivity index (χ1) is 13.3. The number of nitrogens with one attached hydrogen (secondary N) is 2. The van der Waals surface area contributed by atoms with Crippen LogP contribution in [0.25, 0.3) is 5.95 Å². The molecule has 2 N–H and O–H groups in total. The highest BCUT2D eigenvalue weighted by Gasteiger charge is 2.17. The third kappa shape index (κ3) is 4.16. The molecule has 0 aromatic carbocycles. The van der Waals surface area contributed by atoms with Crippen LogP contribution < -0.4 is 5.32 Å². The second-order valence-corrected chi connectivity index (χ2v) is 7.18. The van der Waals surface area contributed by atoms with E-state index in [0.717, 1.165) is 34.2 Å². The van der Waals surface area contributed by atoms with Crippen molar-refractivity contribution in [3.63, 3.8) is 0 Å². The van der Waals surface area contributed by atoms with E-state index in [1.165, 1.54) is 0 Å². The molecule has 3 aromatic heterocycles. The van der Waals surface area contributed by atoms with E-state index < -0.39 is 0 Å². The Morgan fingerprint density at radius 2 is 1.89 bits per heavy atom. The van der Waals surface area contributed by atoms with Crippen LogP contribution in [0.1, 0.15) is 34.2 Å². The largest absolute Gasteiger partial charge is 0.355 e. The zero-order valence-electron chi connectivity index (χ0n) is 16.7. The van der Waals surface area contributed by atoms with Gasteiger partial charge in [0.05, 0.1) is 12.1 Å². The fraction of sp³-hybridized carbons (Fsp3) is 0.444. The van der Waals surface area contributed by atoms with Gasteiger partial charge < -0.3 is 9.88 Å². The summed E-state index contributed by atoms with van der Waals surface area (Å²) < 4.78 is 4.06. The highest BCUT2D eigenvalue weighted by molar-refractivity contribution is 7.71. The van der Waals surface area contributed by atoms with Gasteiger partial charge in [-0.2, -0.15) is 10.2 Å². The van der Waals surface area contributed by atoms with Crippen molar-refractivity contribution in [1.82, 2.24) is 39.8 Å². The van der Waals surface area contributed by atoms with Crippen molar-refractivity contribution in [1.29, 1.82) is 0 Å². The molecule has 3 aromatic rings. The number of H-pyrrole nitrogens is 1. The molecule has 148 valence electrons. The summed E-state index contributed by atoms with van der Waals surface area (Å²) in [5.41, 5.74) is 4.31. The zero-order valence-corrected chi connectivity index (χ0v) is 17.5. The van der Waals surface area contributed by atoms with Crippen molar-refractivity contribution in [3.8, 4) is 5.95 Å². The van der Waals surface area contributed by atoms with Gasteiger partial charge in [-0.1, -0.05) is 0 Å². The Labute approximate surface area is 168 Å². The highest BCUT2D eigenvalue weighted by Crippen LogP contribution is 2.17. The van der Waals surface area contributed by atoms with Crippen molar-refractivity contribution >= 4 is 18.1 Å². The molecule has 0 saturated carbocycles. The van der Waals surface area contributed by atoms with Crippen LogP contribution in [0, 0.1) is 32.5 Å². The fourth-order valence-electron chi connectivity index (χ4n) is 3.07. The summed E-state index contributed by atoms with van der Waals surface area (Å²) in [6.45, 7) is 8.15. The molecule has 0 fully saturated rings. The number of carbonyl (C=O) groups is 1. The van der Waals surface area contributed by atoms with Gasteiger partial charge in [0.15, 0.2) is 4.77 Å². The van der Waals surface area contributed by atoms with Crippen molar-refractivity contribution in [2.75, 3.05) is 6.54 Å². The summed E-state index contributed by atoms with van der Waals surface area (Å²) in [5.74, 6) is 1.26. The Kier molecular flexibility index (Phi) is 5.68. The minimum Gasteiger partial charge on any atom is -0.355 e. The molecule has 0 aliphatic carbocycles. The molecule has 0 radical (unpaired) electrons. The Hall–Kier alpha value is -2.88. The quantitative estimate of drug-likeness (QED) is 0.609. The number of aromatic amines is 1. The molecule has 0 saturated heterocycles. The Balaban J connectivity index is 1.68. The van der Waals surface area contributed by atoms with E-state index in [9.17, 15) is 4.79 Å². The molecule has 1 amide bonds. The monoisotopic (exact) mass is 400 g/mol. The standard InChI is InChI=1S/C18H24N8OS/c1-10-8-11(2)21-17(20-10)26-13(4)14(12(3)24-26)9-16(27)19-7-6-15-22-23-18(28)25(15)5/h8H,6-7,9H2,1-5H3,(H,19,27)(H,23,28). The highest BCUT2D eigenvalue weighted by atomic mass is 32.1. The van der Waals surface area contributed by atoms with E-state index in [-0.39, 0.29) is 12.3 Å². The molecule has 0 aliphatic heterocycles. The Morgan fingerprint density at radius 3 is 2.50 bits per heavy atom. The number of nitrogens with zero attached hydrogens (tertiary/aromatic N) is 6. The summed E-state index contributed by atoms with van der Waals surface area (Å²) in [7, 11) is 1.85. The average molecular weight is 401 g/mol. The molecule has 0 spiro atoms. The van der Waals surface area contributed by atoms with Gasteiger partial charge in [-0.3, -0.25) is 9.89 Å². The van der Waals surface area contributed by atoms with E-state index in [1.807, 2.05) is 40.8 Å². The van der Waals surface area contributed by atoms with Gasteiger partial charge >= 0.3 is 0 Å². The molecular weight excluding hydrogens is 376 g/mol. The average Bonchev–Trinajstić information content (AvgIpc) is 3.08. The van der Waals surface area contributed by atoms with Gasteiger partial charge in [-0.25, -0.2) is 14.6 Å². The first kappa shape index (κ1) is 19.9. The van der Waals surface area contributed by atoms with Crippen LogP contribution in [0.2, 0.25) is 0 Å². The maximum Gasteiger partial charge on any atom is 0.251 e. The first-order valence-corrected chi connectivity index (χ1v) is 9.41. The van der Waals surface area contributed by atoms with E-state index in [0.29, 0.717) is 23.7 Å². The van der Waals surface area contributed by atoms with Crippen LogP contribution in [0.5, 0.6) is 0 Å². The summed E-state index contributed by atoms with van der Waals surface area (Å²) >= 11 is 5.09. The van der Waals surface area contributed by atoms with Crippen LogP contribution in [0.4, 0.5) is 0 Å². The fourth-order valence-corrected chi connectivity index (χ4v) is 3.22. The molecule has 0 atom stereocenters. The Bertz CT molecular complexity index is 1060. The lowest BCUT2D eigenvalue weighted by atomic mass is 10.1. The van der Waals surface area contributed by atoms with Crippen LogP contribution in [0.15, 0.2) is 6.07 Å². The summed E-state index contributed by atoms with van der Waals surface area (Å²) in [6, 6.07) is 1.91. The van der Waals surface area contributed by atoms with E-state index >= 15 is 0 Å². The van der Waals surface area contributed by atoms with Crippen LogP contribution in [-0.2, 0) is 24.7 Å². The smallest absolute Gasteiger partial charge is 0.251 e. The van der Waals surface area contributed by atoms with E-state index in [2.05, 4.69) is 30.6 Å². The lowest BCUT2D eigenvalue weighted by molar-refractivity contribution is -0.120. The topological polar surface area (TPSA) is 106 Å². The lowest BCUT2D eigenvalue weighted by Gasteiger charge is -2.07. The molecule has 3 heterocycles. The summed E-state index contributed by atoms with van der Waals surface area (Å²) in [5, 5.41) is 14.3. The maximum atomic E-state index is 12.4. The second kappa shape index (κ2) is 8.01. The second-order valence-electron chi connectivity index (χ2n) is 6.79. The zero-order chi connectivity index (χ0) is 20.4. The lowest BCUT2D eigenvalue weighted by Crippen LogP contribution is -2.28. The number of rotatable bonds is 6. The first-order valence-electron chi connectivity index (χ1n) is 9.01. The molecule has 10 heteroatoms. The maximum absolute atomic E-state index is 12.4.